The smallest absolute Gasteiger partial charge is 0.338 e. The van der Waals surface area contributed by atoms with Crippen LogP contribution in [0, 0.1) is 0 Å². The Balaban J connectivity index is 2.01. The van der Waals surface area contributed by atoms with Crippen LogP contribution in [0.1, 0.15) is 67.3 Å². The molecule has 1 rings (SSSR count). The standard InChI is InChI=1S/C19H28O3/c1-2-17-11-13-18(14-12-17)19(21)22-16-10-8-6-4-3-5-7-9-15-20/h2,11-14,20H,1,3-10,15-16H2. The molecule has 1 aromatic rings. The van der Waals surface area contributed by atoms with E-state index in [1.807, 2.05) is 12.1 Å². The van der Waals surface area contributed by atoms with Crippen LogP contribution in [0.4, 0.5) is 0 Å². The van der Waals surface area contributed by atoms with Crippen LogP contribution < -0.4 is 0 Å². The highest BCUT2D eigenvalue weighted by atomic mass is 16.5. The van der Waals surface area contributed by atoms with E-state index in [-0.39, 0.29) is 5.97 Å². The first-order chi connectivity index (χ1) is 10.8. The molecule has 0 saturated heterocycles. The van der Waals surface area contributed by atoms with E-state index in [0.29, 0.717) is 18.8 Å². The molecule has 3 heteroatoms. The number of unbranched alkanes of at least 4 members (excludes halogenated alkanes) is 7. The minimum atomic E-state index is -0.250. The Bertz CT molecular complexity index is 423. The fourth-order valence-electron chi connectivity index (χ4n) is 2.28. The first-order valence-corrected chi connectivity index (χ1v) is 8.28. The van der Waals surface area contributed by atoms with Gasteiger partial charge in [0.1, 0.15) is 0 Å². The highest BCUT2D eigenvalue weighted by molar-refractivity contribution is 5.89. The Hall–Kier alpha value is -1.61. The molecule has 0 heterocycles. The second kappa shape index (κ2) is 12.0. The summed E-state index contributed by atoms with van der Waals surface area (Å²) in [7, 11) is 0. The molecule has 0 atom stereocenters. The molecule has 0 aliphatic heterocycles. The molecule has 1 N–H and O–H groups in total. The molecule has 0 radical (unpaired) electrons. The Kier molecular flexibility index (Phi) is 10.0. The molecule has 1 aromatic carbocycles. The van der Waals surface area contributed by atoms with Gasteiger partial charge >= 0.3 is 5.97 Å². The third kappa shape index (κ3) is 7.99. The third-order valence-corrected chi connectivity index (χ3v) is 3.67. The maximum Gasteiger partial charge on any atom is 0.338 e. The molecular formula is C19H28O3. The number of aliphatic hydroxyl groups is 1. The van der Waals surface area contributed by atoms with Gasteiger partial charge in [0.25, 0.3) is 0 Å². The van der Waals surface area contributed by atoms with Gasteiger partial charge in [0.15, 0.2) is 0 Å². The molecule has 0 aliphatic rings. The van der Waals surface area contributed by atoms with Crippen LogP contribution in [0.15, 0.2) is 30.8 Å². The van der Waals surface area contributed by atoms with Crippen molar-refractivity contribution in [1.82, 2.24) is 0 Å². The van der Waals surface area contributed by atoms with E-state index in [1.165, 1.54) is 25.7 Å². The third-order valence-electron chi connectivity index (χ3n) is 3.67. The summed E-state index contributed by atoms with van der Waals surface area (Å²) >= 11 is 0. The average Bonchev–Trinajstić information content (AvgIpc) is 2.56. The van der Waals surface area contributed by atoms with Crippen molar-refractivity contribution in [3.8, 4) is 0 Å². The van der Waals surface area contributed by atoms with Gasteiger partial charge in [-0.25, -0.2) is 4.79 Å². The van der Waals surface area contributed by atoms with E-state index in [2.05, 4.69) is 6.58 Å². The van der Waals surface area contributed by atoms with Crippen LogP contribution in [0.5, 0.6) is 0 Å². The minimum absolute atomic E-state index is 0.250. The molecule has 0 amide bonds. The van der Waals surface area contributed by atoms with Gasteiger partial charge in [-0.05, 0) is 30.5 Å². The molecular weight excluding hydrogens is 276 g/mol. The number of carbonyl (C=O) groups excluding carboxylic acids is 1. The van der Waals surface area contributed by atoms with Crippen molar-refractivity contribution in [2.45, 2.75) is 51.4 Å². The van der Waals surface area contributed by atoms with Crippen molar-refractivity contribution in [3.05, 3.63) is 42.0 Å². The zero-order chi connectivity index (χ0) is 16.0. The Labute approximate surface area is 134 Å². The van der Waals surface area contributed by atoms with Gasteiger partial charge in [-0.1, -0.05) is 63.3 Å². The van der Waals surface area contributed by atoms with Crippen LogP contribution in [0.3, 0.4) is 0 Å². The first kappa shape index (κ1) is 18.4. The van der Waals surface area contributed by atoms with E-state index in [9.17, 15) is 4.79 Å². The largest absolute Gasteiger partial charge is 0.462 e. The molecule has 0 aromatic heterocycles. The Morgan fingerprint density at radius 1 is 0.955 bits per heavy atom. The number of carbonyl (C=O) groups is 1. The molecule has 0 bridgehead atoms. The van der Waals surface area contributed by atoms with Gasteiger partial charge in [-0.2, -0.15) is 0 Å². The van der Waals surface area contributed by atoms with Crippen molar-refractivity contribution in [2.75, 3.05) is 13.2 Å². The summed E-state index contributed by atoms with van der Waals surface area (Å²) in [5.74, 6) is -0.250. The Morgan fingerprint density at radius 2 is 1.50 bits per heavy atom. The second-order valence-electron chi connectivity index (χ2n) is 5.51. The quantitative estimate of drug-likeness (QED) is 0.453. The van der Waals surface area contributed by atoms with Gasteiger partial charge in [0.05, 0.1) is 12.2 Å². The van der Waals surface area contributed by atoms with Crippen molar-refractivity contribution < 1.29 is 14.6 Å². The Morgan fingerprint density at radius 3 is 2.05 bits per heavy atom. The molecule has 0 unspecified atom stereocenters. The summed E-state index contributed by atoms with van der Waals surface area (Å²) in [6, 6.07) is 7.26. The van der Waals surface area contributed by atoms with Crippen molar-refractivity contribution >= 4 is 12.0 Å². The maximum atomic E-state index is 11.8. The highest BCUT2D eigenvalue weighted by Crippen LogP contribution is 2.10. The zero-order valence-corrected chi connectivity index (χ0v) is 13.4. The topological polar surface area (TPSA) is 46.5 Å². The fraction of sp³-hybridized carbons (Fsp3) is 0.526. The van der Waals surface area contributed by atoms with Crippen LogP contribution >= 0.6 is 0 Å². The monoisotopic (exact) mass is 304 g/mol. The summed E-state index contributed by atoms with van der Waals surface area (Å²) in [5.41, 5.74) is 1.59. The van der Waals surface area contributed by atoms with Crippen LogP contribution in [0.2, 0.25) is 0 Å². The van der Waals surface area contributed by atoms with E-state index in [0.717, 1.165) is 31.2 Å². The lowest BCUT2D eigenvalue weighted by molar-refractivity contribution is 0.0497. The molecule has 3 nitrogen and oxygen atoms in total. The van der Waals surface area contributed by atoms with Crippen molar-refractivity contribution in [1.29, 1.82) is 0 Å². The molecule has 0 saturated carbocycles. The lowest BCUT2D eigenvalue weighted by atomic mass is 10.1. The van der Waals surface area contributed by atoms with Crippen LogP contribution in [0.25, 0.3) is 6.08 Å². The van der Waals surface area contributed by atoms with E-state index >= 15 is 0 Å². The molecule has 0 fully saturated rings. The summed E-state index contributed by atoms with van der Waals surface area (Å²) < 4.78 is 5.27. The SMILES string of the molecule is C=Cc1ccc(C(=O)OCCCCCCCCCCO)cc1. The van der Waals surface area contributed by atoms with Crippen LogP contribution in [-0.2, 0) is 4.74 Å². The normalized spacial score (nSPS) is 10.4. The predicted molar refractivity (Wildman–Crippen MR) is 90.8 cm³/mol. The number of hydrogen-bond donors (Lipinski definition) is 1. The van der Waals surface area contributed by atoms with Crippen molar-refractivity contribution in [2.24, 2.45) is 0 Å². The van der Waals surface area contributed by atoms with E-state index in [1.54, 1.807) is 18.2 Å². The second-order valence-corrected chi connectivity index (χ2v) is 5.51. The lowest BCUT2D eigenvalue weighted by Gasteiger charge is -2.05. The minimum Gasteiger partial charge on any atom is -0.462 e. The maximum absolute atomic E-state index is 11.8. The lowest BCUT2D eigenvalue weighted by Crippen LogP contribution is -2.06. The number of benzene rings is 1. The molecule has 0 aliphatic carbocycles. The van der Waals surface area contributed by atoms with E-state index in [4.69, 9.17) is 9.84 Å². The number of aliphatic hydroxyl groups excluding tert-OH is 1. The summed E-state index contributed by atoms with van der Waals surface area (Å²) in [5, 5.41) is 8.67. The van der Waals surface area contributed by atoms with Crippen molar-refractivity contribution in [3.63, 3.8) is 0 Å². The summed E-state index contributed by atoms with van der Waals surface area (Å²) in [6.45, 7) is 4.48. The average molecular weight is 304 g/mol. The van der Waals surface area contributed by atoms with Gasteiger partial charge < -0.3 is 9.84 Å². The zero-order valence-electron chi connectivity index (χ0n) is 13.4. The van der Waals surface area contributed by atoms with Gasteiger partial charge in [-0.3, -0.25) is 0 Å². The fourth-order valence-corrected chi connectivity index (χ4v) is 2.28. The number of rotatable bonds is 12. The number of ether oxygens (including phenoxy) is 1. The summed E-state index contributed by atoms with van der Waals surface area (Å²) in [6.07, 6.45) is 10.7. The molecule has 22 heavy (non-hydrogen) atoms. The van der Waals surface area contributed by atoms with Gasteiger partial charge in [0, 0.05) is 6.61 Å². The first-order valence-electron chi connectivity index (χ1n) is 8.28. The molecule has 0 spiro atoms. The van der Waals surface area contributed by atoms with Gasteiger partial charge in [-0.15, -0.1) is 0 Å². The predicted octanol–water partition coefficient (Wildman–Crippen LogP) is 4.60. The molecule has 122 valence electrons. The number of esters is 1. The van der Waals surface area contributed by atoms with E-state index < -0.39 is 0 Å². The highest BCUT2D eigenvalue weighted by Gasteiger charge is 2.05. The van der Waals surface area contributed by atoms with Gasteiger partial charge in [0.2, 0.25) is 0 Å². The summed E-state index contributed by atoms with van der Waals surface area (Å²) in [4.78, 5) is 11.8. The number of hydrogen-bond acceptors (Lipinski definition) is 3. The van der Waals surface area contributed by atoms with Crippen LogP contribution in [-0.4, -0.2) is 24.3 Å².